The fourth-order valence-electron chi connectivity index (χ4n) is 3.22. The van der Waals surface area contributed by atoms with Crippen molar-refractivity contribution in [1.29, 1.82) is 0 Å². The molecule has 9 nitrogen and oxygen atoms in total. The highest BCUT2D eigenvalue weighted by Crippen LogP contribution is 2.28. The van der Waals surface area contributed by atoms with Gasteiger partial charge in [0.15, 0.2) is 0 Å². The van der Waals surface area contributed by atoms with Gasteiger partial charge in [-0.1, -0.05) is 0 Å². The smallest absolute Gasteiger partial charge is 0.332 e. The summed E-state index contributed by atoms with van der Waals surface area (Å²) in [4.78, 5) is 37.4. The number of piperidine rings is 1. The summed E-state index contributed by atoms with van der Waals surface area (Å²) in [5.74, 6) is 0.449. The van der Waals surface area contributed by atoms with Crippen LogP contribution >= 0.6 is 11.8 Å². The molecule has 3 N–H and O–H groups in total. The van der Waals surface area contributed by atoms with Crippen LogP contribution in [0.2, 0.25) is 0 Å². The lowest BCUT2D eigenvalue weighted by atomic mass is 9.97. The number of hydrogen-bond donors (Lipinski definition) is 3. The molecule has 138 valence electrons. The molecule has 1 atom stereocenters. The summed E-state index contributed by atoms with van der Waals surface area (Å²) in [6.07, 6.45) is 1.40. The number of carboxylic acid groups (broad SMARTS) is 1. The Morgan fingerprint density at radius 1 is 1.20 bits per heavy atom. The Morgan fingerprint density at radius 2 is 1.88 bits per heavy atom. The van der Waals surface area contributed by atoms with Crippen LogP contribution in [-0.2, 0) is 18.9 Å². The van der Waals surface area contributed by atoms with Crippen LogP contribution in [0, 0.1) is 5.92 Å². The van der Waals surface area contributed by atoms with Crippen molar-refractivity contribution in [2.45, 2.75) is 18.3 Å². The summed E-state index contributed by atoms with van der Waals surface area (Å²) in [5, 5.41) is 15.3. The molecular formula is C15H23N5O4S. The maximum absolute atomic E-state index is 12.2. The lowest BCUT2D eigenvalue weighted by Gasteiger charge is -2.30. The Kier molecular flexibility index (Phi) is 5.09. The Bertz CT molecular complexity index is 781. The van der Waals surface area contributed by atoms with Crippen LogP contribution in [-0.4, -0.2) is 56.0 Å². The highest BCUT2D eigenvalue weighted by Gasteiger charge is 2.28. The van der Waals surface area contributed by atoms with Gasteiger partial charge in [0.25, 0.3) is 5.56 Å². The van der Waals surface area contributed by atoms with Crippen LogP contribution in [0.4, 0.5) is 11.5 Å². The van der Waals surface area contributed by atoms with Crippen molar-refractivity contribution in [3.05, 3.63) is 20.8 Å². The zero-order chi connectivity index (χ0) is 18.1. The second kappa shape index (κ2) is 7.12. The number of hydrogen-bond acceptors (Lipinski definition) is 7. The molecule has 3 heterocycles. The van der Waals surface area contributed by atoms with Crippen molar-refractivity contribution in [3.63, 3.8) is 0 Å². The van der Waals surface area contributed by atoms with Gasteiger partial charge < -0.3 is 20.6 Å². The second-order valence-electron chi connectivity index (χ2n) is 6.42. The van der Waals surface area contributed by atoms with Gasteiger partial charge in [0.05, 0.1) is 5.92 Å². The van der Waals surface area contributed by atoms with E-state index in [1.807, 2.05) is 0 Å². The van der Waals surface area contributed by atoms with Crippen molar-refractivity contribution in [2.75, 3.05) is 36.0 Å². The van der Waals surface area contributed by atoms with Crippen molar-refractivity contribution in [2.24, 2.45) is 20.0 Å². The molecular weight excluding hydrogens is 346 g/mol. The monoisotopic (exact) mass is 369 g/mol. The minimum absolute atomic E-state index is 0.160. The molecule has 1 unspecified atom stereocenters. The first-order valence-corrected chi connectivity index (χ1v) is 9.33. The van der Waals surface area contributed by atoms with Crippen LogP contribution in [0.15, 0.2) is 9.59 Å². The summed E-state index contributed by atoms with van der Waals surface area (Å²) in [6, 6.07) is 0. The second-order valence-corrected chi connectivity index (χ2v) is 7.64. The van der Waals surface area contributed by atoms with Crippen molar-refractivity contribution >= 4 is 29.2 Å². The normalized spacial score (nSPS) is 20.8. The van der Waals surface area contributed by atoms with Gasteiger partial charge in [-0.15, -0.1) is 11.8 Å². The first-order chi connectivity index (χ1) is 11.9. The molecule has 3 rings (SSSR count). The van der Waals surface area contributed by atoms with Crippen LogP contribution in [0.5, 0.6) is 0 Å². The molecule has 1 aromatic heterocycles. The van der Waals surface area contributed by atoms with E-state index in [1.165, 1.54) is 11.6 Å². The third kappa shape index (κ3) is 3.54. The molecule has 10 heteroatoms. The maximum Gasteiger partial charge on any atom is 0.332 e. The van der Waals surface area contributed by atoms with Gasteiger partial charge in [-0.05, 0) is 25.9 Å². The molecule has 0 saturated carbocycles. The zero-order valence-corrected chi connectivity index (χ0v) is 15.1. The standard InChI is InChI=1S/C15H23N5O4S/c1-18-11-10(12(21)19(2)15(18)24)16-14(17-11)25-8-7-20-5-3-9(4-6-20)13(22)23/h9,14,16-17H,3-8H2,1-2H3,(H,22,23). The SMILES string of the molecule is Cn1c2c(c(=O)n(C)c1=O)NC(SCCN1CCC(C(=O)O)CC1)N2. The largest absolute Gasteiger partial charge is 0.481 e. The van der Waals surface area contributed by atoms with Crippen LogP contribution < -0.4 is 21.9 Å². The van der Waals surface area contributed by atoms with E-state index in [9.17, 15) is 14.4 Å². The minimum Gasteiger partial charge on any atom is -0.481 e. The number of aliphatic carboxylic acids is 1. The summed E-state index contributed by atoms with van der Waals surface area (Å²) < 4.78 is 2.52. The highest BCUT2D eigenvalue weighted by molar-refractivity contribution is 8.00. The zero-order valence-electron chi connectivity index (χ0n) is 14.3. The van der Waals surface area contributed by atoms with Gasteiger partial charge in [-0.3, -0.25) is 18.7 Å². The molecule has 0 amide bonds. The highest BCUT2D eigenvalue weighted by atomic mass is 32.2. The number of likely N-dealkylation sites (tertiary alicyclic amines) is 1. The number of thioether (sulfide) groups is 1. The molecule has 0 aromatic carbocycles. The van der Waals surface area contributed by atoms with Crippen LogP contribution in [0.1, 0.15) is 12.8 Å². The number of carbonyl (C=O) groups is 1. The number of fused-ring (bicyclic) bond motifs is 1. The molecule has 2 aliphatic heterocycles. The third-order valence-corrected chi connectivity index (χ3v) is 5.82. The van der Waals surface area contributed by atoms with Gasteiger partial charge in [-0.2, -0.15) is 0 Å². The molecule has 0 bridgehead atoms. The number of aromatic nitrogens is 2. The van der Waals surface area contributed by atoms with Crippen LogP contribution in [0.3, 0.4) is 0 Å². The van der Waals surface area contributed by atoms with E-state index in [1.54, 1.807) is 18.8 Å². The summed E-state index contributed by atoms with van der Waals surface area (Å²) in [5.41, 5.74) is -0.425. The first-order valence-electron chi connectivity index (χ1n) is 8.28. The summed E-state index contributed by atoms with van der Waals surface area (Å²) in [7, 11) is 3.10. The Labute approximate surface area is 149 Å². The molecule has 0 aliphatic carbocycles. The van der Waals surface area contributed by atoms with Gasteiger partial charge in [0, 0.05) is 26.4 Å². The van der Waals surface area contributed by atoms with Gasteiger partial charge in [0.1, 0.15) is 17.0 Å². The maximum atomic E-state index is 12.2. The van der Waals surface area contributed by atoms with E-state index in [0.717, 1.165) is 30.0 Å². The predicted octanol–water partition coefficient (Wildman–Crippen LogP) is -0.265. The molecule has 1 fully saturated rings. The van der Waals surface area contributed by atoms with E-state index in [-0.39, 0.29) is 22.7 Å². The van der Waals surface area contributed by atoms with Gasteiger partial charge in [0.2, 0.25) is 0 Å². The van der Waals surface area contributed by atoms with E-state index in [2.05, 4.69) is 15.5 Å². The molecule has 1 saturated heterocycles. The molecule has 25 heavy (non-hydrogen) atoms. The predicted molar refractivity (Wildman–Crippen MR) is 97.2 cm³/mol. The van der Waals surface area contributed by atoms with Gasteiger partial charge >= 0.3 is 11.7 Å². The quantitative estimate of drug-likeness (QED) is 0.651. The molecule has 0 spiro atoms. The number of carboxylic acids is 1. The van der Waals surface area contributed by atoms with E-state index in [4.69, 9.17) is 5.11 Å². The Hall–Kier alpha value is -1.94. The first kappa shape index (κ1) is 17.9. The third-order valence-electron chi connectivity index (χ3n) is 4.84. The number of anilines is 2. The van der Waals surface area contributed by atoms with Crippen molar-refractivity contribution < 1.29 is 9.90 Å². The topological polar surface area (TPSA) is 109 Å². The van der Waals surface area contributed by atoms with E-state index >= 15 is 0 Å². The Morgan fingerprint density at radius 3 is 2.52 bits per heavy atom. The van der Waals surface area contributed by atoms with E-state index < -0.39 is 5.97 Å². The lowest BCUT2D eigenvalue weighted by molar-refractivity contribution is -0.143. The van der Waals surface area contributed by atoms with E-state index in [0.29, 0.717) is 24.3 Å². The average molecular weight is 369 g/mol. The number of nitrogens with zero attached hydrogens (tertiary/aromatic N) is 3. The lowest BCUT2D eigenvalue weighted by Crippen LogP contribution is -2.37. The number of nitrogens with one attached hydrogen (secondary N) is 2. The fourth-order valence-corrected chi connectivity index (χ4v) is 4.22. The van der Waals surface area contributed by atoms with Crippen molar-refractivity contribution in [1.82, 2.24) is 14.0 Å². The fraction of sp³-hybridized carbons (Fsp3) is 0.667. The molecule has 0 radical (unpaired) electrons. The van der Waals surface area contributed by atoms with Gasteiger partial charge in [-0.25, -0.2) is 4.79 Å². The summed E-state index contributed by atoms with van der Waals surface area (Å²) >= 11 is 1.63. The van der Waals surface area contributed by atoms with Crippen molar-refractivity contribution in [3.8, 4) is 0 Å². The number of rotatable bonds is 5. The minimum atomic E-state index is -0.696. The average Bonchev–Trinajstić information content (AvgIpc) is 3.03. The molecule has 1 aromatic rings. The van der Waals surface area contributed by atoms with Crippen LogP contribution in [0.25, 0.3) is 0 Å². The summed E-state index contributed by atoms with van der Waals surface area (Å²) in [6.45, 7) is 2.47. The molecule has 2 aliphatic rings. The Balaban J connectivity index is 1.51.